The summed E-state index contributed by atoms with van der Waals surface area (Å²) in [5.74, 6) is -0.625. The smallest absolute Gasteiger partial charge is 0.311 e. The van der Waals surface area contributed by atoms with Gasteiger partial charge in [0.1, 0.15) is 24.4 Å². The number of allylic oxidation sites excluding steroid dienone is 5. The molecule has 8 nitrogen and oxygen atoms in total. The zero-order valence-corrected chi connectivity index (χ0v) is 29.4. The standard InChI is InChI=1S/C38H58O8/c1-21(2)22(3)10-11-24(33(43)46-34-32(42)31(41)28(40)20-44-34)25-14-18-38(9)27-12-13-29-35(5,6)30(45-23(4)39)16-17-36(29,7)26(27)15-19-37(25,38)8/h10,24-25,28-32,34,40-42H,1,11-20H2,2-9H3/b22-10-/t24-,25-,28-,29+,30-,31+,32-,34+,36-,37-,38+/m1/s1. The van der Waals surface area contributed by atoms with Crippen LogP contribution in [0.25, 0.3) is 0 Å². The highest BCUT2D eigenvalue weighted by atomic mass is 16.7. The van der Waals surface area contributed by atoms with Gasteiger partial charge in [-0.15, -0.1) is 0 Å². The van der Waals surface area contributed by atoms with Gasteiger partial charge in [0.05, 0.1) is 12.5 Å². The topological polar surface area (TPSA) is 123 Å². The Labute approximate surface area is 275 Å². The summed E-state index contributed by atoms with van der Waals surface area (Å²) in [5.41, 5.74) is 4.91. The highest BCUT2D eigenvalue weighted by Crippen LogP contribution is 2.72. The minimum absolute atomic E-state index is 0.0474. The van der Waals surface area contributed by atoms with E-state index in [1.54, 1.807) is 11.1 Å². The van der Waals surface area contributed by atoms with Gasteiger partial charge in [0.2, 0.25) is 6.29 Å². The second-order valence-corrected chi connectivity index (χ2v) is 16.5. The molecular weight excluding hydrogens is 584 g/mol. The molecule has 5 aliphatic rings. The van der Waals surface area contributed by atoms with Gasteiger partial charge in [-0.2, -0.15) is 0 Å². The lowest BCUT2D eigenvalue weighted by Gasteiger charge is -2.62. The van der Waals surface area contributed by atoms with Crippen molar-refractivity contribution in [1.82, 2.24) is 0 Å². The van der Waals surface area contributed by atoms with Crippen LogP contribution in [-0.2, 0) is 23.8 Å². The monoisotopic (exact) mass is 642 g/mol. The molecule has 0 aromatic rings. The molecule has 0 unspecified atom stereocenters. The van der Waals surface area contributed by atoms with Crippen LogP contribution in [-0.4, -0.2) is 64.6 Å². The normalized spacial score (nSPS) is 42.8. The van der Waals surface area contributed by atoms with E-state index in [0.29, 0.717) is 12.3 Å². The number of ether oxygens (including phenoxy) is 3. The summed E-state index contributed by atoms with van der Waals surface area (Å²) < 4.78 is 17.2. The first-order valence-corrected chi connectivity index (χ1v) is 17.5. The van der Waals surface area contributed by atoms with E-state index >= 15 is 0 Å². The summed E-state index contributed by atoms with van der Waals surface area (Å²) in [6.07, 6.45) is 4.78. The third-order valence-electron chi connectivity index (χ3n) is 13.9. The van der Waals surface area contributed by atoms with Gasteiger partial charge in [0.15, 0.2) is 0 Å². The molecular formula is C38H58O8. The lowest BCUT2D eigenvalue weighted by molar-refractivity contribution is -0.265. The number of fused-ring (bicyclic) bond motifs is 4. The average molecular weight is 643 g/mol. The first-order chi connectivity index (χ1) is 21.4. The van der Waals surface area contributed by atoms with Crippen molar-refractivity contribution < 1.29 is 39.1 Å². The molecule has 0 bridgehead atoms. The number of hydrogen-bond donors (Lipinski definition) is 3. The molecule has 0 aromatic carbocycles. The minimum Gasteiger partial charge on any atom is -0.462 e. The Morgan fingerprint density at radius 2 is 1.63 bits per heavy atom. The maximum Gasteiger partial charge on any atom is 0.311 e. The highest BCUT2D eigenvalue weighted by Gasteiger charge is 2.64. The summed E-state index contributed by atoms with van der Waals surface area (Å²) in [7, 11) is 0. The van der Waals surface area contributed by atoms with Crippen LogP contribution in [0.1, 0.15) is 113 Å². The van der Waals surface area contributed by atoms with Crippen LogP contribution in [0.15, 0.2) is 34.9 Å². The van der Waals surface area contributed by atoms with Gasteiger partial charge in [-0.25, -0.2) is 0 Å². The van der Waals surface area contributed by atoms with Gasteiger partial charge in [0.25, 0.3) is 0 Å². The Morgan fingerprint density at radius 3 is 2.28 bits per heavy atom. The minimum atomic E-state index is -1.52. The molecule has 0 spiro atoms. The van der Waals surface area contributed by atoms with E-state index in [1.807, 2.05) is 13.8 Å². The SMILES string of the molecule is C=C(C)/C(C)=C\C[C@@H](C(=O)O[C@@H]1OC[C@@H](O)[C@H](O)[C@H]1O)[C@H]1CC[C@@]2(C)C3=C(CC[C@]12C)[C@@]1(C)CC[C@@H](OC(C)=O)C(C)(C)[C@@H]1CC3. The predicted molar refractivity (Wildman–Crippen MR) is 175 cm³/mol. The Hall–Kier alpha value is -2.00. The molecule has 2 saturated carbocycles. The molecule has 258 valence electrons. The summed E-state index contributed by atoms with van der Waals surface area (Å²) in [6.45, 7) is 21.2. The molecule has 0 amide bonds. The number of aliphatic hydroxyl groups is 3. The highest BCUT2D eigenvalue weighted by molar-refractivity contribution is 5.73. The van der Waals surface area contributed by atoms with Crippen molar-refractivity contribution in [2.45, 2.75) is 144 Å². The summed E-state index contributed by atoms with van der Waals surface area (Å²) in [6, 6.07) is 0. The number of carbonyl (C=O) groups excluding carboxylic acids is 2. The van der Waals surface area contributed by atoms with Crippen molar-refractivity contribution >= 4 is 11.9 Å². The van der Waals surface area contributed by atoms with Crippen molar-refractivity contribution in [3.63, 3.8) is 0 Å². The number of hydrogen-bond acceptors (Lipinski definition) is 8. The van der Waals surface area contributed by atoms with Crippen molar-refractivity contribution in [1.29, 1.82) is 0 Å². The Kier molecular flexibility index (Phi) is 9.57. The third-order valence-corrected chi connectivity index (χ3v) is 13.9. The van der Waals surface area contributed by atoms with Crippen LogP contribution in [0, 0.1) is 39.4 Å². The van der Waals surface area contributed by atoms with Crippen molar-refractivity contribution in [2.75, 3.05) is 6.61 Å². The van der Waals surface area contributed by atoms with Crippen LogP contribution in [0.5, 0.6) is 0 Å². The molecule has 4 aliphatic carbocycles. The zero-order valence-electron chi connectivity index (χ0n) is 29.4. The van der Waals surface area contributed by atoms with Crippen LogP contribution < -0.4 is 0 Å². The average Bonchev–Trinajstić information content (AvgIpc) is 3.25. The summed E-state index contributed by atoms with van der Waals surface area (Å²) in [4.78, 5) is 26.0. The van der Waals surface area contributed by atoms with Gasteiger partial charge in [-0.1, -0.05) is 69.6 Å². The van der Waals surface area contributed by atoms with Gasteiger partial charge in [0, 0.05) is 12.3 Å². The van der Waals surface area contributed by atoms with E-state index in [9.17, 15) is 24.9 Å². The molecule has 0 aromatic heterocycles. The molecule has 1 aliphatic heterocycles. The molecule has 3 N–H and O–H groups in total. The van der Waals surface area contributed by atoms with E-state index in [2.05, 4.69) is 47.3 Å². The van der Waals surface area contributed by atoms with Crippen LogP contribution >= 0.6 is 0 Å². The van der Waals surface area contributed by atoms with Crippen LogP contribution in [0.4, 0.5) is 0 Å². The first-order valence-electron chi connectivity index (χ1n) is 17.5. The maximum absolute atomic E-state index is 14.1. The van der Waals surface area contributed by atoms with E-state index in [4.69, 9.17) is 14.2 Å². The van der Waals surface area contributed by atoms with E-state index in [0.717, 1.165) is 62.5 Å². The number of esters is 2. The zero-order chi connectivity index (χ0) is 34.0. The van der Waals surface area contributed by atoms with Crippen molar-refractivity contribution in [2.24, 2.45) is 39.4 Å². The lowest BCUT2D eigenvalue weighted by Crippen LogP contribution is -2.56. The molecule has 5 rings (SSSR count). The van der Waals surface area contributed by atoms with Gasteiger partial charge < -0.3 is 29.5 Å². The molecule has 1 heterocycles. The quantitative estimate of drug-likeness (QED) is 0.171. The fourth-order valence-corrected chi connectivity index (χ4v) is 10.7. The Bertz CT molecular complexity index is 1300. The van der Waals surface area contributed by atoms with Crippen LogP contribution in [0.3, 0.4) is 0 Å². The van der Waals surface area contributed by atoms with Gasteiger partial charge in [-0.3, -0.25) is 9.59 Å². The van der Waals surface area contributed by atoms with Crippen LogP contribution in [0.2, 0.25) is 0 Å². The maximum atomic E-state index is 14.1. The fraction of sp³-hybridized carbons (Fsp3) is 0.789. The molecule has 11 atom stereocenters. The number of carbonyl (C=O) groups is 2. The summed E-state index contributed by atoms with van der Waals surface area (Å²) >= 11 is 0. The lowest BCUT2D eigenvalue weighted by atomic mass is 9.43. The van der Waals surface area contributed by atoms with Gasteiger partial charge in [-0.05, 0) is 99.7 Å². The number of aliphatic hydroxyl groups excluding tert-OH is 3. The fourth-order valence-electron chi connectivity index (χ4n) is 10.7. The van der Waals surface area contributed by atoms with E-state index < -0.39 is 36.5 Å². The van der Waals surface area contributed by atoms with Crippen molar-refractivity contribution in [3.05, 3.63) is 34.9 Å². The Balaban J connectivity index is 1.46. The first kappa shape index (κ1) is 35.3. The Morgan fingerprint density at radius 1 is 0.935 bits per heavy atom. The third kappa shape index (κ3) is 5.63. The van der Waals surface area contributed by atoms with Gasteiger partial charge >= 0.3 is 11.9 Å². The molecule has 46 heavy (non-hydrogen) atoms. The summed E-state index contributed by atoms with van der Waals surface area (Å²) in [5, 5.41) is 30.7. The largest absolute Gasteiger partial charge is 0.462 e. The van der Waals surface area contributed by atoms with E-state index in [-0.39, 0.29) is 46.3 Å². The van der Waals surface area contributed by atoms with Crippen molar-refractivity contribution in [3.8, 4) is 0 Å². The second kappa shape index (κ2) is 12.5. The molecule has 3 fully saturated rings. The number of rotatable bonds is 7. The molecule has 8 heteroatoms. The van der Waals surface area contributed by atoms with E-state index in [1.165, 1.54) is 6.92 Å². The predicted octanol–water partition coefficient (Wildman–Crippen LogP) is 6.18. The second-order valence-electron chi connectivity index (χ2n) is 16.5. The molecule has 1 saturated heterocycles. The molecule has 0 radical (unpaired) electrons.